The minimum Gasteiger partial charge on any atom is -0.493 e. The van der Waals surface area contributed by atoms with E-state index >= 15 is 0 Å². The molecule has 0 aliphatic heterocycles. The standard InChI is InChI=1S/C14H23NO4/c1-9(15)6-10(2)19-11-7-12(16-3)14(18-5)13(8-11)17-4/h7-10H,6,15H2,1-5H3. The van der Waals surface area contributed by atoms with Gasteiger partial charge < -0.3 is 24.7 Å². The molecule has 19 heavy (non-hydrogen) atoms. The number of nitrogens with two attached hydrogens (primary N) is 1. The molecule has 2 unspecified atom stereocenters. The highest BCUT2D eigenvalue weighted by atomic mass is 16.5. The van der Waals surface area contributed by atoms with E-state index in [0.717, 1.165) is 6.42 Å². The minimum atomic E-state index is 0.0165. The minimum absolute atomic E-state index is 0.0165. The molecule has 2 atom stereocenters. The lowest BCUT2D eigenvalue weighted by Crippen LogP contribution is -2.24. The smallest absolute Gasteiger partial charge is 0.203 e. The van der Waals surface area contributed by atoms with E-state index in [0.29, 0.717) is 23.0 Å². The van der Waals surface area contributed by atoms with Crippen molar-refractivity contribution in [2.75, 3.05) is 21.3 Å². The predicted molar refractivity (Wildman–Crippen MR) is 74.5 cm³/mol. The maximum Gasteiger partial charge on any atom is 0.203 e. The molecule has 0 radical (unpaired) electrons. The lowest BCUT2D eigenvalue weighted by molar-refractivity contribution is 0.200. The molecule has 0 aliphatic rings. The number of benzene rings is 1. The fraction of sp³-hybridized carbons (Fsp3) is 0.571. The average molecular weight is 269 g/mol. The van der Waals surface area contributed by atoms with Crippen LogP contribution >= 0.6 is 0 Å². The molecule has 0 saturated heterocycles. The molecule has 1 aromatic rings. The van der Waals surface area contributed by atoms with E-state index in [2.05, 4.69) is 0 Å². The molecule has 0 aromatic heterocycles. The van der Waals surface area contributed by atoms with Gasteiger partial charge in [0.15, 0.2) is 11.5 Å². The van der Waals surface area contributed by atoms with Crippen LogP contribution in [0.4, 0.5) is 0 Å². The third-order valence-electron chi connectivity index (χ3n) is 2.68. The molecule has 0 heterocycles. The number of hydrogen-bond acceptors (Lipinski definition) is 5. The highest BCUT2D eigenvalue weighted by molar-refractivity contribution is 5.55. The normalized spacial score (nSPS) is 13.6. The third-order valence-corrected chi connectivity index (χ3v) is 2.68. The molecule has 5 heteroatoms. The predicted octanol–water partition coefficient (Wildman–Crippen LogP) is 2.22. The first-order chi connectivity index (χ1) is 9.01. The van der Waals surface area contributed by atoms with Gasteiger partial charge in [0.25, 0.3) is 0 Å². The fourth-order valence-electron chi connectivity index (χ4n) is 1.93. The van der Waals surface area contributed by atoms with Crippen molar-refractivity contribution in [2.45, 2.75) is 32.4 Å². The first-order valence-corrected chi connectivity index (χ1v) is 6.24. The summed E-state index contributed by atoms with van der Waals surface area (Å²) in [5, 5.41) is 0. The maximum atomic E-state index is 5.81. The van der Waals surface area contributed by atoms with Gasteiger partial charge >= 0.3 is 0 Å². The van der Waals surface area contributed by atoms with E-state index in [1.807, 2.05) is 13.8 Å². The van der Waals surface area contributed by atoms with Gasteiger partial charge in [-0.1, -0.05) is 0 Å². The number of rotatable bonds is 7. The first kappa shape index (κ1) is 15.4. The second-order valence-corrected chi connectivity index (χ2v) is 4.50. The Morgan fingerprint density at radius 1 is 1.00 bits per heavy atom. The zero-order valence-corrected chi connectivity index (χ0v) is 12.2. The molecule has 0 aliphatic carbocycles. The molecule has 1 aromatic carbocycles. The zero-order valence-electron chi connectivity index (χ0n) is 12.2. The topological polar surface area (TPSA) is 62.9 Å². The van der Waals surface area contributed by atoms with Crippen molar-refractivity contribution < 1.29 is 18.9 Å². The molecule has 0 fully saturated rings. The summed E-state index contributed by atoms with van der Waals surface area (Å²) in [6.07, 6.45) is 0.791. The Morgan fingerprint density at radius 2 is 1.53 bits per heavy atom. The van der Waals surface area contributed by atoms with Crippen molar-refractivity contribution in [1.82, 2.24) is 0 Å². The second kappa shape index (κ2) is 7.09. The first-order valence-electron chi connectivity index (χ1n) is 6.24. The molecule has 5 nitrogen and oxygen atoms in total. The molecular formula is C14H23NO4. The summed E-state index contributed by atoms with van der Waals surface area (Å²) in [6, 6.07) is 3.65. The molecular weight excluding hydrogens is 246 g/mol. The van der Waals surface area contributed by atoms with Crippen molar-refractivity contribution in [1.29, 1.82) is 0 Å². The van der Waals surface area contributed by atoms with Crippen LogP contribution in [0.5, 0.6) is 23.0 Å². The third kappa shape index (κ3) is 4.21. The monoisotopic (exact) mass is 269 g/mol. The number of methoxy groups -OCH3 is 3. The van der Waals surface area contributed by atoms with Crippen LogP contribution in [-0.4, -0.2) is 33.5 Å². The van der Waals surface area contributed by atoms with Crippen LogP contribution < -0.4 is 24.7 Å². The van der Waals surface area contributed by atoms with E-state index in [4.69, 9.17) is 24.7 Å². The Hall–Kier alpha value is -1.62. The summed E-state index contributed by atoms with van der Waals surface area (Å²) >= 11 is 0. The van der Waals surface area contributed by atoms with E-state index in [9.17, 15) is 0 Å². The Balaban J connectivity index is 2.96. The molecule has 1 rings (SSSR count). The maximum absolute atomic E-state index is 5.81. The van der Waals surface area contributed by atoms with E-state index in [-0.39, 0.29) is 12.1 Å². The van der Waals surface area contributed by atoms with Crippen molar-refractivity contribution in [2.24, 2.45) is 5.73 Å². The highest BCUT2D eigenvalue weighted by Gasteiger charge is 2.15. The lowest BCUT2D eigenvalue weighted by Gasteiger charge is -2.19. The molecule has 0 saturated carbocycles. The lowest BCUT2D eigenvalue weighted by atomic mass is 10.2. The Labute approximate surface area is 114 Å². The van der Waals surface area contributed by atoms with Gasteiger partial charge in [0.05, 0.1) is 27.4 Å². The summed E-state index contributed by atoms with van der Waals surface area (Å²) in [7, 11) is 4.72. The molecule has 2 N–H and O–H groups in total. The van der Waals surface area contributed by atoms with Crippen LogP contribution in [0.15, 0.2) is 12.1 Å². The average Bonchev–Trinajstić information content (AvgIpc) is 2.36. The Kier molecular flexibility index (Phi) is 5.76. The second-order valence-electron chi connectivity index (χ2n) is 4.50. The summed E-state index contributed by atoms with van der Waals surface area (Å²) in [5.74, 6) is 2.37. The van der Waals surface area contributed by atoms with Crippen molar-refractivity contribution in [3.05, 3.63) is 12.1 Å². The van der Waals surface area contributed by atoms with Gasteiger partial charge in [-0.05, 0) is 20.3 Å². The van der Waals surface area contributed by atoms with Crippen LogP contribution in [-0.2, 0) is 0 Å². The van der Waals surface area contributed by atoms with Gasteiger partial charge in [-0.15, -0.1) is 0 Å². The van der Waals surface area contributed by atoms with Gasteiger partial charge in [0.2, 0.25) is 5.75 Å². The largest absolute Gasteiger partial charge is 0.493 e. The SMILES string of the molecule is COc1cc(OC(C)CC(C)N)cc(OC)c1OC. The van der Waals surface area contributed by atoms with Crippen molar-refractivity contribution in [3.8, 4) is 23.0 Å². The molecule has 0 bridgehead atoms. The van der Waals surface area contributed by atoms with Crippen LogP contribution in [0.25, 0.3) is 0 Å². The van der Waals surface area contributed by atoms with Crippen LogP contribution in [0.3, 0.4) is 0 Å². The van der Waals surface area contributed by atoms with Crippen molar-refractivity contribution in [3.63, 3.8) is 0 Å². The van der Waals surface area contributed by atoms with Gasteiger partial charge in [-0.3, -0.25) is 0 Å². The summed E-state index contributed by atoms with van der Waals surface area (Å²) in [4.78, 5) is 0. The zero-order chi connectivity index (χ0) is 14.4. The molecule has 0 spiro atoms. The highest BCUT2D eigenvalue weighted by Crippen LogP contribution is 2.41. The molecule has 0 amide bonds. The fourth-order valence-corrected chi connectivity index (χ4v) is 1.93. The van der Waals surface area contributed by atoms with Crippen LogP contribution in [0.2, 0.25) is 0 Å². The van der Waals surface area contributed by atoms with Crippen molar-refractivity contribution >= 4 is 0 Å². The Bertz CT molecular complexity index is 381. The number of hydrogen-bond donors (Lipinski definition) is 1. The quantitative estimate of drug-likeness (QED) is 0.822. The van der Waals surface area contributed by atoms with Gasteiger partial charge in [-0.25, -0.2) is 0 Å². The van der Waals surface area contributed by atoms with Gasteiger partial charge in [0, 0.05) is 18.2 Å². The van der Waals surface area contributed by atoms with Crippen LogP contribution in [0, 0.1) is 0 Å². The summed E-state index contributed by atoms with van der Waals surface area (Å²) in [6.45, 7) is 3.93. The van der Waals surface area contributed by atoms with Gasteiger partial charge in [-0.2, -0.15) is 0 Å². The van der Waals surface area contributed by atoms with Gasteiger partial charge in [0.1, 0.15) is 5.75 Å². The van der Waals surface area contributed by atoms with E-state index in [1.165, 1.54) is 0 Å². The van der Waals surface area contributed by atoms with E-state index < -0.39 is 0 Å². The summed E-state index contributed by atoms with van der Waals surface area (Å²) < 4.78 is 21.6. The summed E-state index contributed by atoms with van der Waals surface area (Å²) in [5.41, 5.74) is 5.76. The molecule has 108 valence electrons. The Morgan fingerprint density at radius 3 is 1.89 bits per heavy atom. The number of ether oxygens (including phenoxy) is 4. The van der Waals surface area contributed by atoms with E-state index in [1.54, 1.807) is 33.5 Å². The van der Waals surface area contributed by atoms with Crippen LogP contribution in [0.1, 0.15) is 20.3 Å².